The summed E-state index contributed by atoms with van der Waals surface area (Å²) in [6, 6.07) is 1.48. The standard InChI is InChI=1S/C12H13N7O2/c1-7-5-19-9(3-8(16-19)12(20)21)11(15-7)13-4-10-14-6-18(2)17-10/h3,5-6H,4H2,1-2H3,(H,13,15)(H,20,21). The number of fused-ring (bicyclic) bond motifs is 1. The van der Waals surface area contributed by atoms with Crippen molar-refractivity contribution >= 4 is 17.3 Å². The first-order valence-corrected chi connectivity index (χ1v) is 6.21. The van der Waals surface area contributed by atoms with Gasteiger partial charge in [-0.3, -0.25) is 4.68 Å². The highest BCUT2D eigenvalue weighted by atomic mass is 16.4. The minimum Gasteiger partial charge on any atom is -0.476 e. The monoisotopic (exact) mass is 287 g/mol. The van der Waals surface area contributed by atoms with Gasteiger partial charge in [-0.05, 0) is 6.92 Å². The second kappa shape index (κ2) is 4.85. The lowest BCUT2D eigenvalue weighted by Crippen LogP contribution is -2.06. The number of nitrogens with zero attached hydrogens (tertiary/aromatic N) is 6. The van der Waals surface area contributed by atoms with E-state index in [0.29, 0.717) is 23.7 Å². The Balaban J connectivity index is 1.94. The maximum absolute atomic E-state index is 11.0. The van der Waals surface area contributed by atoms with Crippen molar-refractivity contribution in [3.8, 4) is 0 Å². The Bertz CT molecular complexity index is 820. The molecule has 0 amide bonds. The Morgan fingerprint density at radius 2 is 2.24 bits per heavy atom. The maximum Gasteiger partial charge on any atom is 0.356 e. The summed E-state index contributed by atoms with van der Waals surface area (Å²) in [5.74, 6) is 0.0908. The molecule has 0 radical (unpaired) electrons. The Labute approximate surface area is 119 Å². The summed E-state index contributed by atoms with van der Waals surface area (Å²) in [6.07, 6.45) is 3.28. The summed E-state index contributed by atoms with van der Waals surface area (Å²) in [6.45, 7) is 2.20. The number of carboxylic acids is 1. The number of anilines is 1. The molecule has 3 aromatic heterocycles. The second-order valence-electron chi connectivity index (χ2n) is 4.58. The van der Waals surface area contributed by atoms with Gasteiger partial charge < -0.3 is 10.4 Å². The Morgan fingerprint density at radius 1 is 1.43 bits per heavy atom. The third kappa shape index (κ3) is 2.53. The quantitative estimate of drug-likeness (QED) is 0.717. The number of aromatic nitrogens is 6. The lowest BCUT2D eigenvalue weighted by molar-refractivity contribution is 0.0690. The molecule has 0 atom stereocenters. The van der Waals surface area contributed by atoms with Gasteiger partial charge in [-0.2, -0.15) is 10.2 Å². The van der Waals surface area contributed by atoms with Crippen molar-refractivity contribution < 1.29 is 9.90 Å². The SMILES string of the molecule is Cc1cn2nc(C(=O)O)cc2c(NCc2ncn(C)n2)n1. The average Bonchev–Trinajstić information content (AvgIpc) is 3.02. The normalized spacial score (nSPS) is 11.0. The first-order chi connectivity index (χ1) is 10.0. The minimum absolute atomic E-state index is 0.0265. The van der Waals surface area contributed by atoms with Crippen LogP contribution in [0.4, 0.5) is 5.82 Å². The number of carboxylic acid groups (broad SMARTS) is 1. The molecule has 21 heavy (non-hydrogen) atoms. The zero-order chi connectivity index (χ0) is 15.0. The number of nitrogens with one attached hydrogen (secondary N) is 1. The van der Waals surface area contributed by atoms with E-state index in [1.54, 1.807) is 24.3 Å². The highest BCUT2D eigenvalue weighted by Crippen LogP contribution is 2.17. The summed E-state index contributed by atoms with van der Waals surface area (Å²) >= 11 is 0. The summed E-state index contributed by atoms with van der Waals surface area (Å²) in [5.41, 5.74) is 1.29. The van der Waals surface area contributed by atoms with Gasteiger partial charge >= 0.3 is 5.97 Å². The fraction of sp³-hybridized carbons (Fsp3) is 0.250. The summed E-state index contributed by atoms with van der Waals surface area (Å²) < 4.78 is 3.11. The van der Waals surface area contributed by atoms with E-state index in [1.165, 1.54) is 10.6 Å². The predicted octanol–water partition coefficient (Wildman–Crippen LogP) is 0.477. The van der Waals surface area contributed by atoms with Crippen LogP contribution in [0.1, 0.15) is 22.0 Å². The number of rotatable bonds is 4. The van der Waals surface area contributed by atoms with Gasteiger partial charge in [0, 0.05) is 13.1 Å². The number of hydrogen-bond donors (Lipinski definition) is 2. The molecule has 3 aromatic rings. The van der Waals surface area contributed by atoms with Crippen LogP contribution in [0.2, 0.25) is 0 Å². The largest absolute Gasteiger partial charge is 0.476 e. The van der Waals surface area contributed by atoms with E-state index in [-0.39, 0.29) is 5.69 Å². The first kappa shape index (κ1) is 13.0. The summed E-state index contributed by atoms with van der Waals surface area (Å²) in [7, 11) is 1.79. The topological polar surface area (TPSA) is 110 Å². The van der Waals surface area contributed by atoms with Crippen LogP contribution in [0.5, 0.6) is 0 Å². The molecule has 0 saturated carbocycles. The van der Waals surface area contributed by atoms with E-state index >= 15 is 0 Å². The second-order valence-corrected chi connectivity index (χ2v) is 4.58. The maximum atomic E-state index is 11.0. The number of aromatic carboxylic acids is 1. The van der Waals surface area contributed by atoms with Crippen LogP contribution in [0.25, 0.3) is 5.52 Å². The number of carbonyl (C=O) groups is 1. The molecule has 3 rings (SSSR count). The van der Waals surface area contributed by atoms with Gasteiger partial charge in [0.25, 0.3) is 0 Å². The minimum atomic E-state index is -1.08. The average molecular weight is 287 g/mol. The fourth-order valence-electron chi connectivity index (χ4n) is 1.97. The van der Waals surface area contributed by atoms with E-state index in [9.17, 15) is 4.79 Å². The van der Waals surface area contributed by atoms with Crippen molar-refractivity contribution in [3.63, 3.8) is 0 Å². The van der Waals surface area contributed by atoms with Gasteiger partial charge in [0.2, 0.25) is 0 Å². The first-order valence-electron chi connectivity index (χ1n) is 6.21. The molecule has 108 valence electrons. The van der Waals surface area contributed by atoms with Crippen molar-refractivity contribution in [3.05, 3.63) is 35.8 Å². The lowest BCUT2D eigenvalue weighted by atomic mass is 10.3. The van der Waals surface area contributed by atoms with Crippen LogP contribution in [0, 0.1) is 6.92 Å². The highest BCUT2D eigenvalue weighted by Gasteiger charge is 2.13. The van der Waals surface area contributed by atoms with E-state index < -0.39 is 5.97 Å². The molecule has 9 heteroatoms. The van der Waals surface area contributed by atoms with Gasteiger partial charge in [-0.25, -0.2) is 19.3 Å². The van der Waals surface area contributed by atoms with Crippen LogP contribution < -0.4 is 5.32 Å². The van der Waals surface area contributed by atoms with E-state index in [0.717, 1.165) is 5.69 Å². The summed E-state index contributed by atoms with van der Waals surface area (Å²) in [4.78, 5) is 19.5. The van der Waals surface area contributed by atoms with Crippen molar-refractivity contribution in [1.82, 2.24) is 29.4 Å². The van der Waals surface area contributed by atoms with Crippen molar-refractivity contribution in [2.45, 2.75) is 13.5 Å². The molecule has 3 heterocycles. The molecule has 2 N–H and O–H groups in total. The molecule has 0 aliphatic rings. The van der Waals surface area contributed by atoms with Crippen LogP contribution >= 0.6 is 0 Å². The fourth-order valence-corrected chi connectivity index (χ4v) is 1.97. The van der Waals surface area contributed by atoms with Crippen LogP contribution in [0.15, 0.2) is 18.6 Å². The molecule has 0 saturated heterocycles. The van der Waals surface area contributed by atoms with Crippen molar-refractivity contribution in [1.29, 1.82) is 0 Å². The summed E-state index contributed by atoms with van der Waals surface area (Å²) in [5, 5.41) is 20.3. The van der Waals surface area contributed by atoms with Crippen molar-refractivity contribution in [2.24, 2.45) is 7.05 Å². The smallest absolute Gasteiger partial charge is 0.356 e. The van der Waals surface area contributed by atoms with Crippen LogP contribution in [-0.2, 0) is 13.6 Å². The number of aryl methyl sites for hydroxylation is 2. The molecular formula is C12H13N7O2. The van der Waals surface area contributed by atoms with Gasteiger partial charge in [-0.1, -0.05) is 0 Å². The number of hydrogen-bond acceptors (Lipinski definition) is 6. The molecule has 0 unspecified atom stereocenters. The van der Waals surface area contributed by atoms with E-state index in [4.69, 9.17) is 5.11 Å². The Hall–Kier alpha value is -2.97. The molecule has 0 aliphatic carbocycles. The Morgan fingerprint density at radius 3 is 2.90 bits per heavy atom. The molecule has 0 aliphatic heterocycles. The van der Waals surface area contributed by atoms with E-state index in [1.807, 2.05) is 6.92 Å². The van der Waals surface area contributed by atoms with Gasteiger partial charge in [0.05, 0.1) is 18.4 Å². The molecule has 0 bridgehead atoms. The molecular weight excluding hydrogens is 274 g/mol. The van der Waals surface area contributed by atoms with Crippen LogP contribution in [0.3, 0.4) is 0 Å². The zero-order valence-corrected chi connectivity index (χ0v) is 11.5. The molecule has 0 aromatic carbocycles. The van der Waals surface area contributed by atoms with Gasteiger partial charge in [0.15, 0.2) is 17.3 Å². The lowest BCUT2D eigenvalue weighted by Gasteiger charge is -2.06. The third-order valence-corrected chi connectivity index (χ3v) is 2.86. The molecule has 0 spiro atoms. The highest BCUT2D eigenvalue weighted by molar-refractivity contribution is 5.88. The third-order valence-electron chi connectivity index (χ3n) is 2.86. The molecule has 0 fully saturated rings. The van der Waals surface area contributed by atoms with Gasteiger partial charge in [0.1, 0.15) is 11.8 Å². The molecule has 9 nitrogen and oxygen atoms in total. The predicted molar refractivity (Wildman–Crippen MR) is 73.0 cm³/mol. The van der Waals surface area contributed by atoms with Gasteiger partial charge in [-0.15, -0.1) is 0 Å². The Kier molecular flexibility index (Phi) is 3.01. The van der Waals surface area contributed by atoms with Crippen LogP contribution in [-0.4, -0.2) is 40.4 Å². The van der Waals surface area contributed by atoms with Crippen molar-refractivity contribution in [2.75, 3.05) is 5.32 Å². The van der Waals surface area contributed by atoms with E-state index in [2.05, 4.69) is 25.5 Å². The zero-order valence-electron chi connectivity index (χ0n) is 11.5.